The van der Waals surface area contributed by atoms with Gasteiger partial charge in [0.05, 0.1) is 5.69 Å². The van der Waals surface area contributed by atoms with Crippen molar-refractivity contribution in [3.63, 3.8) is 0 Å². The van der Waals surface area contributed by atoms with Crippen LogP contribution in [0.1, 0.15) is 50.4 Å². The van der Waals surface area contributed by atoms with Crippen molar-refractivity contribution in [1.29, 1.82) is 0 Å². The maximum Gasteiger partial charge on any atom is 0.315 e. The van der Waals surface area contributed by atoms with E-state index in [9.17, 15) is 4.79 Å². The molecule has 2 N–H and O–H groups in total. The molecule has 0 spiro atoms. The minimum absolute atomic E-state index is 0.169. The van der Waals surface area contributed by atoms with Crippen molar-refractivity contribution in [2.75, 3.05) is 6.54 Å². The SMILES string of the molecule is CCNC(=O)NC1(c2nnnn2-c2ccc(C)cc2)CCCCC1. The van der Waals surface area contributed by atoms with Crippen molar-refractivity contribution in [3.8, 4) is 5.69 Å². The number of nitrogens with one attached hydrogen (secondary N) is 2. The smallest absolute Gasteiger partial charge is 0.315 e. The molecule has 24 heavy (non-hydrogen) atoms. The van der Waals surface area contributed by atoms with Crippen LogP contribution in [-0.2, 0) is 5.54 Å². The molecule has 0 aliphatic heterocycles. The Morgan fingerprint density at radius 1 is 1.21 bits per heavy atom. The summed E-state index contributed by atoms with van der Waals surface area (Å²) < 4.78 is 1.75. The maximum atomic E-state index is 12.2. The van der Waals surface area contributed by atoms with Crippen LogP contribution in [0.3, 0.4) is 0 Å². The fourth-order valence-electron chi connectivity index (χ4n) is 3.33. The van der Waals surface area contributed by atoms with E-state index in [-0.39, 0.29) is 6.03 Å². The van der Waals surface area contributed by atoms with Gasteiger partial charge in [-0.2, -0.15) is 4.68 Å². The molecule has 0 atom stereocenters. The fourth-order valence-corrected chi connectivity index (χ4v) is 3.33. The second kappa shape index (κ2) is 6.98. The minimum atomic E-state index is -0.522. The number of aromatic nitrogens is 4. The van der Waals surface area contributed by atoms with E-state index in [1.165, 1.54) is 12.0 Å². The molecule has 1 aromatic carbocycles. The normalized spacial score (nSPS) is 16.6. The summed E-state index contributed by atoms with van der Waals surface area (Å²) in [5.74, 6) is 0.706. The predicted molar refractivity (Wildman–Crippen MR) is 90.9 cm³/mol. The maximum absolute atomic E-state index is 12.2. The molecule has 0 saturated heterocycles. The van der Waals surface area contributed by atoms with Gasteiger partial charge in [0, 0.05) is 6.54 Å². The summed E-state index contributed by atoms with van der Waals surface area (Å²) in [6.07, 6.45) is 4.96. The summed E-state index contributed by atoms with van der Waals surface area (Å²) in [5, 5.41) is 18.3. The summed E-state index contributed by atoms with van der Waals surface area (Å²) in [6, 6.07) is 7.89. The first kappa shape index (κ1) is 16.4. The van der Waals surface area contributed by atoms with Gasteiger partial charge in [-0.3, -0.25) is 0 Å². The lowest BCUT2D eigenvalue weighted by molar-refractivity contribution is 0.195. The molecule has 0 unspecified atom stereocenters. The van der Waals surface area contributed by atoms with E-state index in [1.807, 2.05) is 38.1 Å². The Bertz CT molecular complexity index is 687. The third-order valence-electron chi connectivity index (χ3n) is 4.57. The van der Waals surface area contributed by atoms with Crippen molar-refractivity contribution in [3.05, 3.63) is 35.7 Å². The summed E-state index contributed by atoms with van der Waals surface area (Å²) >= 11 is 0. The molecule has 1 aliphatic carbocycles. The van der Waals surface area contributed by atoms with Gasteiger partial charge in [0.15, 0.2) is 5.82 Å². The van der Waals surface area contributed by atoms with E-state index in [2.05, 4.69) is 26.2 Å². The molecular weight excluding hydrogens is 304 g/mol. The highest BCUT2D eigenvalue weighted by Crippen LogP contribution is 2.36. The largest absolute Gasteiger partial charge is 0.338 e. The Labute approximate surface area is 141 Å². The van der Waals surface area contributed by atoms with E-state index in [0.717, 1.165) is 31.4 Å². The number of rotatable bonds is 4. The van der Waals surface area contributed by atoms with Crippen molar-refractivity contribution in [2.24, 2.45) is 0 Å². The molecule has 2 amide bonds. The highest BCUT2D eigenvalue weighted by Gasteiger charge is 2.40. The first-order chi connectivity index (χ1) is 11.6. The van der Waals surface area contributed by atoms with E-state index in [4.69, 9.17) is 0 Å². The number of urea groups is 1. The Balaban J connectivity index is 1.98. The van der Waals surface area contributed by atoms with Gasteiger partial charge in [0.2, 0.25) is 0 Å². The monoisotopic (exact) mass is 328 g/mol. The van der Waals surface area contributed by atoms with Gasteiger partial charge in [-0.1, -0.05) is 37.0 Å². The number of amides is 2. The zero-order chi connectivity index (χ0) is 17.0. The number of benzene rings is 1. The Hall–Kier alpha value is -2.44. The average Bonchev–Trinajstić information content (AvgIpc) is 3.07. The number of carbonyl (C=O) groups excluding carboxylic acids is 1. The van der Waals surface area contributed by atoms with E-state index >= 15 is 0 Å². The van der Waals surface area contributed by atoms with Gasteiger partial charge in [0.25, 0.3) is 0 Å². The fraction of sp³-hybridized carbons (Fsp3) is 0.529. The van der Waals surface area contributed by atoms with Gasteiger partial charge in [-0.05, 0) is 49.2 Å². The zero-order valence-electron chi connectivity index (χ0n) is 14.2. The Kier molecular flexibility index (Phi) is 4.78. The Morgan fingerprint density at radius 3 is 2.58 bits per heavy atom. The molecule has 1 aliphatic rings. The molecular formula is C17H24N6O. The molecule has 2 aromatic rings. The lowest BCUT2D eigenvalue weighted by Crippen LogP contribution is -2.52. The van der Waals surface area contributed by atoms with Crippen molar-refractivity contribution < 1.29 is 4.79 Å². The predicted octanol–water partition coefficient (Wildman–Crippen LogP) is 2.45. The molecule has 1 fully saturated rings. The number of aryl methyl sites for hydroxylation is 1. The number of hydrogen-bond donors (Lipinski definition) is 2. The van der Waals surface area contributed by atoms with E-state index in [0.29, 0.717) is 12.4 Å². The number of carbonyl (C=O) groups is 1. The lowest BCUT2D eigenvalue weighted by atomic mass is 9.81. The molecule has 7 heteroatoms. The first-order valence-electron chi connectivity index (χ1n) is 8.56. The number of hydrogen-bond acceptors (Lipinski definition) is 4. The molecule has 7 nitrogen and oxygen atoms in total. The topological polar surface area (TPSA) is 84.7 Å². The highest BCUT2D eigenvalue weighted by molar-refractivity contribution is 5.74. The van der Waals surface area contributed by atoms with Crippen LogP contribution in [0.25, 0.3) is 5.69 Å². The van der Waals surface area contributed by atoms with Crippen molar-refractivity contribution in [1.82, 2.24) is 30.8 Å². The van der Waals surface area contributed by atoms with Crippen LogP contribution in [0.4, 0.5) is 4.79 Å². The van der Waals surface area contributed by atoms with Gasteiger partial charge in [-0.15, -0.1) is 5.10 Å². The second-order valence-corrected chi connectivity index (χ2v) is 6.38. The van der Waals surface area contributed by atoms with Crippen LogP contribution in [0.2, 0.25) is 0 Å². The third kappa shape index (κ3) is 3.25. The van der Waals surface area contributed by atoms with E-state index in [1.54, 1.807) is 4.68 Å². The molecule has 3 rings (SSSR count). The third-order valence-corrected chi connectivity index (χ3v) is 4.57. The molecule has 1 aromatic heterocycles. The molecule has 128 valence electrons. The zero-order valence-corrected chi connectivity index (χ0v) is 14.2. The summed E-state index contributed by atoms with van der Waals surface area (Å²) in [6.45, 7) is 4.54. The average molecular weight is 328 g/mol. The molecule has 0 bridgehead atoms. The van der Waals surface area contributed by atoms with Gasteiger partial charge in [0.1, 0.15) is 5.54 Å². The lowest BCUT2D eigenvalue weighted by Gasteiger charge is -2.36. The van der Waals surface area contributed by atoms with Crippen LogP contribution in [-0.4, -0.2) is 32.8 Å². The van der Waals surface area contributed by atoms with Gasteiger partial charge < -0.3 is 10.6 Å². The first-order valence-corrected chi connectivity index (χ1v) is 8.56. The molecule has 1 heterocycles. The standard InChI is InChI=1S/C17H24N6O/c1-3-18-16(24)19-17(11-5-4-6-12-17)15-20-21-22-23(15)14-9-7-13(2)8-10-14/h7-10H,3-6,11-12H2,1-2H3,(H2,18,19,24). The van der Waals surface area contributed by atoms with Crippen molar-refractivity contribution in [2.45, 2.75) is 51.5 Å². The highest BCUT2D eigenvalue weighted by atomic mass is 16.2. The summed E-state index contributed by atoms with van der Waals surface area (Å²) in [5.41, 5.74) is 1.57. The quantitative estimate of drug-likeness (QED) is 0.903. The minimum Gasteiger partial charge on any atom is -0.338 e. The summed E-state index contributed by atoms with van der Waals surface area (Å²) in [4.78, 5) is 12.2. The second-order valence-electron chi connectivity index (χ2n) is 6.38. The van der Waals surface area contributed by atoms with Gasteiger partial charge in [-0.25, -0.2) is 4.79 Å². The van der Waals surface area contributed by atoms with Crippen molar-refractivity contribution >= 4 is 6.03 Å². The van der Waals surface area contributed by atoms with Crippen LogP contribution in [0.15, 0.2) is 24.3 Å². The van der Waals surface area contributed by atoms with Crippen LogP contribution < -0.4 is 10.6 Å². The number of tetrazole rings is 1. The van der Waals surface area contributed by atoms with Crippen LogP contribution >= 0.6 is 0 Å². The Morgan fingerprint density at radius 2 is 1.92 bits per heavy atom. The van der Waals surface area contributed by atoms with Crippen LogP contribution in [0.5, 0.6) is 0 Å². The molecule has 0 radical (unpaired) electrons. The summed E-state index contributed by atoms with van der Waals surface area (Å²) in [7, 11) is 0. The van der Waals surface area contributed by atoms with Gasteiger partial charge >= 0.3 is 6.03 Å². The number of nitrogens with zero attached hydrogens (tertiary/aromatic N) is 4. The van der Waals surface area contributed by atoms with Crippen LogP contribution in [0, 0.1) is 6.92 Å². The molecule has 1 saturated carbocycles. The van der Waals surface area contributed by atoms with E-state index < -0.39 is 5.54 Å².